The third kappa shape index (κ3) is 5.08. The van der Waals surface area contributed by atoms with E-state index in [0.29, 0.717) is 11.4 Å². The molecular weight excluding hydrogens is 372 g/mol. The lowest BCUT2D eigenvalue weighted by Crippen LogP contribution is -2.40. The number of hydrogen-bond acceptors (Lipinski definition) is 3. The van der Waals surface area contributed by atoms with E-state index in [1.165, 1.54) is 11.1 Å². The molecule has 0 bridgehead atoms. The maximum Gasteiger partial charge on any atom is 0.228 e. The predicted molar refractivity (Wildman–Crippen MR) is 121 cm³/mol. The van der Waals surface area contributed by atoms with Gasteiger partial charge in [-0.1, -0.05) is 54.6 Å². The van der Waals surface area contributed by atoms with Crippen LogP contribution in [0.25, 0.3) is 0 Å². The van der Waals surface area contributed by atoms with E-state index in [9.17, 15) is 4.79 Å². The monoisotopic (exact) mass is 400 g/mol. The van der Waals surface area contributed by atoms with Crippen molar-refractivity contribution in [2.45, 2.75) is 26.3 Å². The van der Waals surface area contributed by atoms with Gasteiger partial charge in [-0.2, -0.15) is 0 Å². The van der Waals surface area contributed by atoms with E-state index in [2.05, 4.69) is 41.4 Å². The molecular formula is C26H28N2O2. The lowest BCUT2D eigenvalue weighted by molar-refractivity contribution is -0.121. The molecule has 0 saturated carbocycles. The molecule has 1 heterocycles. The minimum absolute atomic E-state index is 0.0208. The number of carbonyl (C=O) groups is 1. The number of amides is 1. The Labute approximate surface area is 178 Å². The van der Waals surface area contributed by atoms with Crippen LogP contribution < -0.4 is 10.1 Å². The van der Waals surface area contributed by atoms with Crippen LogP contribution in [0.15, 0.2) is 78.9 Å². The van der Waals surface area contributed by atoms with Crippen LogP contribution in [0.3, 0.4) is 0 Å². The number of likely N-dealkylation sites (tertiary alicyclic amines) is 1. The van der Waals surface area contributed by atoms with Crippen LogP contribution in [0.2, 0.25) is 0 Å². The maximum absolute atomic E-state index is 13.0. The maximum atomic E-state index is 13.0. The number of carbonyl (C=O) groups excluding carboxylic acids is 1. The van der Waals surface area contributed by atoms with Gasteiger partial charge < -0.3 is 10.1 Å². The number of hydrogen-bond donors (Lipinski definition) is 1. The summed E-state index contributed by atoms with van der Waals surface area (Å²) in [6.07, 6.45) is 1.95. The van der Waals surface area contributed by atoms with Gasteiger partial charge in [0.2, 0.25) is 5.91 Å². The molecule has 1 unspecified atom stereocenters. The van der Waals surface area contributed by atoms with Gasteiger partial charge in [-0.25, -0.2) is 0 Å². The Bertz CT molecular complexity index is 987. The molecule has 30 heavy (non-hydrogen) atoms. The Kier molecular flexibility index (Phi) is 6.45. The lowest BCUT2D eigenvalue weighted by Gasteiger charge is -2.32. The van der Waals surface area contributed by atoms with E-state index in [1.54, 1.807) is 0 Å². The average molecular weight is 401 g/mol. The quantitative estimate of drug-likeness (QED) is 0.582. The number of piperidine rings is 1. The van der Waals surface area contributed by atoms with Gasteiger partial charge >= 0.3 is 0 Å². The molecule has 1 atom stereocenters. The first-order valence-electron chi connectivity index (χ1n) is 10.6. The SMILES string of the molecule is Cc1ccccc1CN1CCCC(C(=O)Nc2ccccc2Oc2ccccc2)C1. The van der Waals surface area contributed by atoms with Gasteiger partial charge in [-0.05, 0) is 61.7 Å². The highest BCUT2D eigenvalue weighted by atomic mass is 16.5. The van der Waals surface area contributed by atoms with Gasteiger partial charge in [-0.15, -0.1) is 0 Å². The molecule has 154 valence electrons. The molecule has 4 heteroatoms. The fourth-order valence-electron chi connectivity index (χ4n) is 3.95. The summed E-state index contributed by atoms with van der Waals surface area (Å²) in [6, 6.07) is 25.7. The molecule has 1 fully saturated rings. The van der Waals surface area contributed by atoms with Crippen molar-refractivity contribution in [3.63, 3.8) is 0 Å². The van der Waals surface area contributed by atoms with Crippen LogP contribution in [0.1, 0.15) is 24.0 Å². The van der Waals surface area contributed by atoms with E-state index in [4.69, 9.17) is 4.74 Å². The van der Waals surface area contributed by atoms with E-state index in [-0.39, 0.29) is 11.8 Å². The minimum atomic E-state index is -0.0208. The van der Waals surface area contributed by atoms with Crippen molar-refractivity contribution in [3.05, 3.63) is 90.0 Å². The molecule has 1 saturated heterocycles. The Morgan fingerprint density at radius 3 is 2.57 bits per heavy atom. The summed E-state index contributed by atoms with van der Waals surface area (Å²) in [5.74, 6) is 1.45. The zero-order chi connectivity index (χ0) is 20.8. The number of anilines is 1. The summed E-state index contributed by atoms with van der Waals surface area (Å²) in [5, 5.41) is 3.11. The van der Waals surface area contributed by atoms with Gasteiger partial charge in [0.15, 0.2) is 5.75 Å². The smallest absolute Gasteiger partial charge is 0.228 e. The van der Waals surface area contributed by atoms with Crippen molar-refractivity contribution >= 4 is 11.6 Å². The van der Waals surface area contributed by atoms with E-state index in [1.807, 2.05) is 54.6 Å². The molecule has 1 aliphatic rings. The molecule has 1 amide bonds. The molecule has 3 aromatic rings. The third-order valence-electron chi connectivity index (χ3n) is 5.65. The fraction of sp³-hybridized carbons (Fsp3) is 0.269. The molecule has 1 N–H and O–H groups in total. The second-order valence-corrected chi connectivity index (χ2v) is 7.90. The number of benzene rings is 3. The first kappa shape index (κ1) is 20.2. The van der Waals surface area contributed by atoms with Crippen molar-refractivity contribution in [2.24, 2.45) is 5.92 Å². The fourth-order valence-corrected chi connectivity index (χ4v) is 3.95. The Balaban J connectivity index is 1.41. The summed E-state index contributed by atoms with van der Waals surface area (Å²) in [4.78, 5) is 15.4. The highest BCUT2D eigenvalue weighted by Crippen LogP contribution is 2.30. The predicted octanol–water partition coefficient (Wildman–Crippen LogP) is 5.64. The molecule has 0 spiro atoms. The average Bonchev–Trinajstić information content (AvgIpc) is 2.78. The first-order chi connectivity index (χ1) is 14.7. The Hall–Kier alpha value is -3.11. The van der Waals surface area contributed by atoms with Crippen molar-refractivity contribution in [2.75, 3.05) is 18.4 Å². The van der Waals surface area contributed by atoms with Gasteiger partial charge in [0.05, 0.1) is 11.6 Å². The second kappa shape index (κ2) is 9.59. The minimum Gasteiger partial charge on any atom is -0.455 e. The number of nitrogens with zero attached hydrogens (tertiary/aromatic N) is 1. The molecule has 1 aliphatic heterocycles. The van der Waals surface area contributed by atoms with Crippen LogP contribution in [-0.4, -0.2) is 23.9 Å². The summed E-state index contributed by atoms with van der Waals surface area (Å²) in [7, 11) is 0. The Morgan fingerprint density at radius 1 is 1.00 bits per heavy atom. The zero-order valence-electron chi connectivity index (χ0n) is 17.4. The molecule has 3 aromatic carbocycles. The normalized spacial score (nSPS) is 16.8. The highest BCUT2D eigenvalue weighted by Gasteiger charge is 2.26. The topological polar surface area (TPSA) is 41.6 Å². The van der Waals surface area contributed by atoms with Crippen LogP contribution in [0, 0.1) is 12.8 Å². The standard InChI is InChI=1S/C26H28N2O2/c1-20-10-5-6-11-21(20)18-28-17-9-12-22(19-28)26(29)27-24-15-7-8-16-25(24)30-23-13-3-2-4-14-23/h2-8,10-11,13-16,22H,9,12,17-19H2,1H3,(H,27,29). The number of nitrogens with one attached hydrogen (secondary N) is 1. The van der Waals surface area contributed by atoms with Crippen molar-refractivity contribution in [1.29, 1.82) is 0 Å². The third-order valence-corrected chi connectivity index (χ3v) is 5.65. The lowest BCUT2D eigenvalue weighted by atomic mass is 9.96. The summed E-state index contributed by atoms with van der Waals surface area (Å²) in [5.41, 5.74) is 3.35. The van der Waals surface area contributed by atoms with Crippen molar-refractivity contribution in [1.82, 2.24) is 4.90 Å². The van der Waals surface area contributed by atoms with Crippen LogP contribution in [0.4, 0.5) is 5.69 Å². The van der Waals surface area contributed by atoms with Crippen molar-refractivity contribution < 1.29 is 9.53 Å². The molecule has 4 nitrogen and oxygen atoms in total. The van der Waals surface area contributed by atoms with Crippen LogP contribution in [0.5, 0.6) is 11.5 Å². The van der Waals surface area contributed by atoms with Gasteiger partial charge in [0.25, 0.3) is 0 Å². The van der Waals surface area contributed by atoms with Gasteiger partial charge in [-0.3, -0.25) is 9.69 Å². The summed E-state index contributed by atoms with van der Waals surface area (Å²) < 4.78 is 5.99. The number of rotatable bonds is 6. The molecule has 0 aliphatic carbocycles. The molecule has 0 radical (unpaired) electrons. The Morgan fingerprint density at radius 2 is 1.73 bits per heavy atom. The number of ether oxygens (including phenoxy) is 1. The largest absolute Gasteiger partial charge is 0.455 e. The zero-order valence-corrected chi connectivity index (χ0v) is 17.4. The van der Waals surface area contributed by atoms with E-state index < -0.39 is 0 Å². The summed E-state index contributed by atoms with van der Waals surface area (Å²) in [6.45, 7) is 4.85. The first-order valence-corrected chi connectivity index (χ1v) is 10.6. The van der Waals surface area contributed by atoms with Crippen LogP contribution in [-0.2, 0) is 11.3 Å². The molecule has 0 aromatic heterocycles. The van der Waals surface area contributed by atoms with Gasteiger partial charge in [0.1, 0.15) is 5.75 Å². The van der Waals surface area contributed by atoms with Gasteiger partial charge in [0, 0.05) is 13.1 Å². The van der Waals surface area contributed by atoms with Crippen LogP contribution >= 0.6 is 0 Å². The number of para-hydroxylation sites is 3. The highest BCUT2D eigenvalue weighted by molar-refractivity contribution is 5.94. The number of aryl methyl sites for hydroxylation is 1. The summed E-state index contributed by atoms with van der Waals surface area (Å²) >= 11 is 0. The van der Waals surface area contributed by atoms with E-state index in [0.717, 1.165) is 38.2 Å². The van der Waals surface area contributed by atoms with E-state index >= 15 is 0 Å². The second-order valence-electron chi connectivity index (χ2n) is 7.90. The molecule has 4 rings (SSSR count). The van der Waals surface area contributed by atoms with Crippen molar-refractivity contribution in [3.8, 4) is 11.5 Å².